The fourth-order valence-electron chi connectivity index (χ4n) is 2.14. The van der Waals surface area contributed by atoms with Crippen LogP contribution in [0.1, 0.15) is 12.0 Å². The van der Waals surface area contributed by atoms with Gasteiger partial charge in [-0.25, -0.2) is 9.69 Å². The van der Waals surface area contributed by atoms with Crippen molar-refractivity contribution in [2.75, 3.05) is 6.61 Å². The zero-order valence-corrected chi connectivity index (χ0v) is 11.5. The Bertz CT molecular complexity index is 569. The Balaban J connectivity index is 2.03. The Kier molecular flexibility index (Phi) is 4.85. The minimum absolute atomic E-state index is 0.0343. The van der Waals surface area contributed by atoms with Crippen molar-refractivity contribution in [2.45, 2.75) is 25.1 Å². The summed E-state index contributed by atoms with van der Waals surface area (Å²) in [5, 5.41) is 0. The van der Waals surface area contributed by atoms with Crippen LogP contribution in [0.4, 0.5) is 18.0 Å². The van der Waals surface area contributed by atoms with Crippen molar-refractivity contribution in [3.05, 3.63) is 48.0 Å². The molecule has 2 rings (SSSR count). The number of amides is 2. The number of imide groups is 1. The molecular weight excluding hydrogens is 299 g/mol. The number of benzene rings is 1. The quantitative estimate of drug-likeness (QED) is 0.803. The summed E-state index contributed by atoms with van der Waals surface area (Å²) in [7, 11) is 0. The Morgan fingerprint density at radius 1 is 1.32 bits per heavy atom. The zero-order valence-electron chi connectivity index (χ0n) is 11.5. The number of alkyl halides is 3. The summed E-state index contributed by atoms with van der Waals surface area (Å²) < 4.78 is 41.0. The summed E-state index contributed by atoms with van der Waals surface area (Å²) in [4.78, 5) is 24.4. The van der Waals surface area contributed by atoms with Gasteiger partial charge in [-0.2, -0.15) is 13.2 Å². The highest BCUT2D eigenvalue weighted by atomic mass is 19.4. The summed E-state index contributed by atoms with van der Waals surface area (Å²) in [5.74, 6) is -0.798. The molecule has 1 aliphatic heterocycles. The minimum atomic E-state index is -4.38. The van der Waals surface area contributed by atoms with E-state index in [2.05, 4.69) is 0 Å². The van der Waals surface area contributed by atoms with Gasteiger partial charge in [0.1, 0.15) is 6.61 Å². The topological polar surface area (TPSA) is 46.6 Å². The monoisotopic (exact) mass is 313 g/mol. The lowest BCUT2D eigenvalue weighted by Gasteiger charge is -2.18. The van der Waals surface area contributed by atoms with E-state index in [9.17, 15) is 22.8 Å². The van der Waals surface area contributed by atoms with Crippen molar-refractivity contribution < 1.29 is 27.5 Å². The maximum Gasteiger partial charge on any atom is 0.417 e. The van der Waals surface area contributed by atoms with Crippen molar-refractivity contribution >= 4 is 12.0 Å². The average molecular weight is 313 g/mol. The van der Waals surface area contributed by atoms with E-state index in [1.807, 2.05) is 30.3 Å². The van der Waals surface area contributed by atoms with Gasteiger partial charge in [-0.05, 0) is 12.0 Å². The number of allylic oxidation sites excluding steroid dienone is 1. The van der Waals surface area contributed by atoms with Crippen LogP contribution in [0.15, 0.2) is 42.5 Å². The molecule has 118 valence electrons. The van der Waals surface area contributed by atoms with Gasteiger partial charge in [-0.1, -0.05) is 36.4 Å². The van der Waals surface area contributed by atoms with Crippen LogP contribution in [0.5, 0.6) is 0 Å². The van der Waals surface area contributed by atoms with Gasteiger partial charge in [0.2, 0.25) is 0 Å². The normalized spacial score (nSPS) is 18.8. The number of ether oxygens (including phenoxy) is 1. The molecule has 1 heterocycles. The Labute approximate surface area is 125 Å². The molecule has 1 saturated heterocycles. The third-order valence-electron chi connectivity index (χ3n) is 3.12. The first kappa shape index (κ1) is 16.1. The molecule has 1 aliphatic rings. The molecule has 0 N–H and O–H groups in total. The molecule has 0 spiro atoms. The van der Waals surface area contributed by atoms with Crippen molar-refractivity contribution in [2.24, 2.45) is 0 Å². The largest absolute Gasteiger partial charge is 0.447 e. The average Bonchev–Trinajstić information content (AvgIpc) is 2.79. The van der Waals surface area contributed by atoms with Crippen LogP contribution in [0, 0.1) is 0 Å². The molecule has 0 aliphatic carbocycles. The molecule has 1 atom stereocenters. The molecule has 0 unspecified atom stereocenters. The van der Waals surface area contributed by atoms with E-state index in [0.29, 0.717) is 12.5 Å². The highest BCUT2D eigenvalue weighted by Crippen LogP contribution is 2.21. The summed E-state index contributed by atoms with van der Waals surface area (Å²) in [6, 6.07) is 8.64. The number of halogens is 3. The first-order valence-electron chi connectivity index (χ1n) is 6.64. The van der Waals surface area contributed by atoms with Crippen molar-refractivity contribution in [3.63, 3.8) is 0 Å². The molecule has 0 bridgehead atoms. The van der Waals surface area contributed by atoms with Crippen molar-refractivity contribution in [1.82, 2.24) is 4.90 Å². The molecular formula is C15H14F3NO3. The van der Waals surface area contributed by atoms with Gasteiger partial charge < -0.3 is 4.74 Å². The van der Waals surface area contributed by atoms with Crippen molar-refractivity contribution in [1.29, 1.82) is 0 Å². The second kappa shape index (κ2) is 6.64. The first-order valence-corrected chi connectivity index (χ1v) is 6.64. The number of nitrogens with zero attached hydrogens (tertiary/aromatic N) is 1. The van der Waals surface area contributed by atoms with Crippen LogP contribution >= 0.6 is 0 Å². The highest BCUT2D eigenvalue weighted by molar-refractivity contribution is 5.99. The number of cyclic esters (lactones) is 1. The second-order valence-electron chi connectivity index (χ2n) is 4.85. The zero-order chi connectivity index (χ0) is 16.2. The van der Waals surface area contributed by atoms with Crippen LogP contribution in [0.3, 0.4) is 0 Å². The summed E-state index contributed by atoms with van der Waals surface area (Å²) in [5.41, 5.74) is 0.905. The lowest BCUT2D eigenvalue weighted by molar-refractivity contribution is -0.125. The van der Waals surface area contributed by atoms with Crippen LogP contribution in [0.2, 0.25) is 0 Å². The van der Waals surface area contributed by atoms with E-state index >= 15 is 0 Å². The Hall–Kier alpha value is -2.31. The van der Waals surface area contributed by atoms with Gasteiger partial charge in [0.05, 0.1) is 12.5 Å². The predicted molar refractivity (Wildman–Crippen MR) is 71.9 cm³/mol. The summed E-state index contributed by atoms with van der Waals surface area (Å²) in [6.45, 7) is 0.0343. The highest BCUT2D eigenvalue weighted by Gasteiger charge is 2.37. The molecule has 7 heteroatoms. The minimum Gasteiger partial charge on any atom is -0.447 e. The third kappa shape index (κ3) is 4.34. The maximum atomic E-state index is 12.1. The molecule has 2 amide bonds. The Morgan fingerprint density at radius 3 is 2.64 bits per heavy atom. The van der Waals surface area contributed by atoms with Crippen LogP contribution < -0.4 is 0 Å². The fraction of sp³-hybridized carbons (Fsp3) is 0.333. The summed E-state index contributed by atoms with van der Waals surface area (Å²) >= 11 is 0. The maximum absolute atomic E-state index is 12.1. The lowest BCUT2D eigenvalue weighted by atomic mass is 10.1. The first-order chi connectivity index (χ1) is 10.4. The van der Waals surface area contributed by atoms with Gasteiger partial charge in [0.25, 0.3) is 5.91 Å². The van der Waals surface area contributed by atoms with E-state index < -0.39 is 30.6 Å². The molecule has 22 heavy (non-hydrogen) atoms. The second-order valence-corrected chi connectivity index (χ2v) is 4.85. The Morgan fingerprint density at radius 2 is 2.00 bits per heavy atom. The fourth-order valence-corrected chi connectivity index (χ4v) is 2.14. The van der Waals surface area contributed by atoms with E-state index in [1.54, 1.807) is 0 Å². The molecule has 0 aromatic heterocycles. The molecule has 0 radical (unpaired) electrons. The number of hydrogen-bond donors (Lipinski definition) is 0. The number of hydrogen-bond acceptors (Lipinski definition) is 3. The van der Waals surface area contributed by atoms with E-state index in [4.69, 9.17) is 4.74 Å². The van der Waals surface area contributed by atoms with Gasteiger partial charge in [-0.15, -0.1) is 0 Å². The van der Waals surface area contributed by atoms with Crippen LogP contribution in [-0.4, -0.2) is 35.7 Å². The van der Waals surface area contributed by atoms with E-state index in [1.165, 1.54) is 0 Å². The molecule has 0 saturated carbocycles. The van der Waals surface area contributed by atoms with Gasteiger partial charge in [-0.3, -0.25) is 4.79 Å². The molecule has 4 nitrogen and oxygen atoms in total. The number of carbonyl (C=O) groups excluding carboxylic acids is 2. The predicted octanol–water partition coefficient (Wildman–Crippen LogP) is 3.09. The van der Waals surface area contributed by atoms with Gasteiger partial charge in [0.15, 0.2) is 0 Å². The number of rotatable bonds is 4. The van der Waals surface area contributed by atoms with Gasteiger partial charge in [0, 0.05) is 6.08 Å². The standard InChI is InChI=1S/C15H14F3NO3/c16-15(17,18)8-4-7-13(20)19-12(10-22-14(19)21)9-11-5-2-1-3-6-11/h1-7,12H,8-10H2/t12-/m0/s1. The van der Waals surface area contributed by atoms with Gasteiger partial charge >= 0.3 is 12.3 Å². The molecule has 1 aromatic rings. The van der Waals surface area contributed by atoms with Crippen LogP contribution in [-0.2, 0) is 16.0 Å². The van der Waals surface area contributed by atoms with E-state index in [-0.39, 0.29) is 6.61 Å². The summed E-state index contributed by atoms with van der Waals surface area (Å²) in [6.07, 6.45) is -4.57. The number of carbonyl (C=O) groups is 2. The molecule has 1 aromatic carbocycles. The smallest absolute Gasteiger partial charge is 0.417 e. The van der Waals surface area contributed by atoms with E-state index in [0.717, 1.165) is 16.5 Å². The third-order valence-corrected chi connectivity index (χ3v) is 3.12. The van der Waals surface area contributed by atoms with Crippen molar-refractivity contribution in [3.8, 4) is 0 Å². The van der Waals surface area contributed by atoms with Crippen LogP contribution in [0.25, 0.3) is 0 Å². The lowest BCUT2D eigenvalue weighted by Crippen LogP contribution is -2.39. The molecule has 1 fully saturated rings. The SMILES string of the molecule is O=C(C=CCC(F)(F)F)N1C(=O)OC[C@@H]1Cc1ccccc1.